The summed E-state index contributed by atoms with van der Waals surface area (Å²) in [7, 11) is 0. The highest BCUT2D eigenvalue weighted by atomic mass is 15.1. The normalized spacial score (nSPS) is 18.4. The minimum atomic E-state index is 0.662. The van der Waals surface area contributed by atoms with E-state index in [1.807, 2.05) is 12.5 Å². The molecule has 2 rings (SSSR count). The van der Waals surface area contributed by atoms with Crippen molar-refractivity contribution >= 4 is 0 Å². The van der Waals surface area contributed by atoms with E-state index in [0.29, 0.717) is 6.04 Å². The molecule has 1 N–H and O–H groups in total. The molecule has 14 heavy (non-hydrogen) atoms. The van der Waals surface area contributed by atoms with Crippen LogP contribution in [0.15, 0.2) is 12.5 Å². The second kappa shape index (κ2) is 4.13. The first-order chi connectivity index (χ1) is 6.81. The van der Waals surface area contributed by atoms with Crippen LogP contribution in [0.1, 0.15) is 32.4 Å². The van der Waals surface area contributed by atoms with Gasteiger partial charge in [0.2, 0.25) is 0 Å². The van der Waals surface area contributed by atoms with Gasteiger partial charge in [-0.2, -0.15) is 0 Å². The summed E-state index contributed by atoms with van der Waals surface area (Å²) in [5.41, 5.74) is 1.29. The maximum atomic E-state index is 4.15. The molecule has 1 fully saturated rings. The zero-order valence-electron chi connectivity index (χ0n) is 9.03. The monoisotopic (exact) mass is 193 g/mol. The van der Waals surface area contributed by atoms with E-state index in [-0.39, 0.29) is 0 Å². The van der Waals surface area contributed by atoms with Gasteiger partial charge in [0.1, 0.15) is 0 Å². The Morgan fingerprint density at radius 1 is 1.64 bits per heavy atom. The number of aryl methyl sites for hydroxylation is 1. The van der Waals surface area contributed by atoms with Gasteiger partial charge in [0.05, 0.1) is 12.0 Å². The number of nitrogens with zero attached hydrogens (tertiary/aromatic N) is 2. The fraction of sp³-hybridized carbons (Fsp3) is 0.727. The summed E-state index contributed by atoms with van der Waals surface area (Å²) in [5.74, 6) is 0.924. The second-order valence-electron chi connectivity index (χ2n) is 4.18. The molecule has 1 aliphatic carbocycles. The second-order valence-corrected chi connectivity index (χ2v) is 4.18. The lowest BCUT2D eigenvalue weighted by molar-refractivity contribution is 0.484. The maximum Gasteiger partial charge on any atom is 0.0948 e. The van der Waals surface area contributed by atoms with Gasteiger partial charge >= 0.3 is 0 Å². The molecule has 3 heteroatoms. The molecule has 1 saturated carbocycles. The number of hydrogen-bond donors (Lipinski definition) is 1. The molecule has 0 spiro atoms. The van der Waals surface area contributed by atoms with Crippen LogP contribution in [0.3, 0.4) is 0 Å². The average Bonchev–Trinajstić information content (AvgIpc) is 2.94. The first-order valence-electron chi connectivity index (χ1n) is 5.53. The molecule has 0 amide bonds. The SMILES string of the molecule is CCn1cncc1CNC(C)C1CC1. The Labute approximate surface area is 85.5 Å². The summed E-state index contributed by atoms with van der Waals surface area (Å²) in [6.45, 7) is 6.39. The van der Waals surface area contributed by atoms with Crippen molar-refractivity contribution in [2.75, 3.05) is 0 Å². The van der Waals surface area contributed by atoms with E-state index in [1.54, 1.807) is 0 Å². The third-order valence-corrected chi connectivity index (χ3v) is 3.07. The third-order valence-electron chi connectivity index (χ3n) is 3.07. The molecular formula is C11H19N3. The molecule has 1 heterocycles. The van der Waals surface area contributed by atoms with Gasteiger partial charge in [-0.1, -0.05) is 0 Å². The minimum absolute atomic E-state index is 0.662. The minimum Gasteiger partial charge on any atom is -0.334 e. The Morgan fingerprint density at radius 2 is 2.43 bits per heavy atom. The van der Waals surface area contributed by atoms with Crippen molar-refractivity contribution in [1.82, 2.24) is 14.9 Å². The van der Waals surface area contributed by atoms with Gasteiger partial charge in [-0.15, -0.1) is 0 Å². The van der Waals surface area contributed by atoms with Gasteiger partial charge in [-0.05, 0) is 32.6 Å². The summed E-state index contributed by atoms with van der Waals surface area (Å²) in [6.07, 6.45) is 6.66. The fourth-order valence-electron chi connectivity index (χ4n) is 1.81. The van der Waals surface area contributed by atoms with Crippen LogP contribution < -0.4 is 5.32 Å². The fourth-order valence-corrected chi connectivity index (χ4v) is 1.81. The van der Waals surface area contributed by atoms with Crippen LogP contribution >= 0.6 is 0 Å². The largest absolute Gasteiger partial charge is 0.334 e. The van der Waals surface area contributed by atoms with E-state index in [9.17, 15) is 0 Å². The van der Waals surface area contributed by atoms with Crippen molar-refractivity contribution in [3.05, 3.63) is 18.2 Å². The van der Waals surface area contributed by atoms with Gasteiger partial charge in [0, 0.05) is 25.3 Å². The van der Waals surface area contributed by atoms with Gasteiger partial charge in [-0.3, -0.25) is 0 Å². The average molecular weight is 193 g/mol. The van der Waals surface area contributed by atoms with Crippen LogP contribution in [-0.2, 0) is 13.1 Å². The highest BCUT2D eigenvalue weighted by molar-refractivity contribution is 4.98. The molecule has 0 bridgehead atoms. The van der Waals surface area contributed by atoms with Crippen LogP contribution in [0.2, 0.25) is 0 Å². The molecule has 1 atom stereocenters. The van der Waals surface area contributed by atoms with Crippen molar-refractivity contribution in [3.8, 4) is 0 Å². The zero-order valence-corrected chi connectivity index (χ0v) is 9.03. The Morgan fingerprint density at radius 3 is 3.07 bits per heavy atom. The third kappa shape index (κ3) is 2.15. The topological polar surface area (TPSA) is 29.9 Å². The van der Waals surface area contributed by atoms with Gasteiger partial charge in [0.25, 0.3) is 0 Å². The smallest absolute Gasteiger partial charge is 0.0948 e. The molecule has 3 nitrogen and oxygen atoms in total. The molecule has 0 saturated heterocycles. The molecule has 0 radical (unpaired) electrons. The van der Waals surface area contributed by atoms with E-state index in [0.717, 1.165) is 19.0 Å². The molecule has 0 aromatic carbocycles. The lowest BCUT2D eigenvalue weighted by Crippen LogP contribution is -2.28. The number of hydrogen-bond acceptors (Lipinski definition) is 2. The summed E-state index contributed by atoms with van der Waals surface area (Å²) in [5, 5.41) is 3.56. The van der Waals surface area contributed by atoms with Gasteiger partial charge < -0.3 is 9.88 Å². The molecule has 1 aromatic rings. The van der Waals surface area contributed by atoms with Crippen LogP contribution in [0.25, 0.3) is 0 Å². The van der Waals surface area contributed by atoms with E-state index in [4.69, 9.17) is 0 Å². The standard InChI is InChI=1S/C11H19N3/c1-3-14-8-12-6-11(14)7-13-9(2)10-4-5-10/h6,8-10,13H,3-5,7H2,1-2H3. The first kappa shape index (κ1) is 9.71. The van der Waals surface area contributed by atoms with Crippen LogP contribution in [0, 0.1) is 5.92 Å². The van der Waals surface area contributed by atoms with Crippen LogP contribution in [0.5, 0.6) is 0 Å². The first-order valence-corrected chi connectivity index (χ1v) is 5.53. The zero-order chi connectivity index (χ0) is 9.97. The van der Waals surface area contributed by atoms with Crippen molar-refractivity contribution < 1.29 is 0 Å². The van der Waals surface area contributed by atoms with Crippen molar-refractivity contribution in [3.63, 3.8) is 0 Å². The number of aromatic nitrogens is 2. The van der Waals surface area contributed by atoms with Gasteiger partial charge in [-0.25, -0.2) is 4.98 Å². The number of nitrogens with one attached hydrogen (secondary N) is 1. The van der Waals surface area contributed by atoms with Gasteiger partial charge in [0.15, 0.2) is 0 Å². The lowest BCUT2D eigenvalue weighted by Gasteiger charge is -2.13. The Hall–Kier alpha value is -0.830. The predicted octanol–water partition coefficient (Wildman–Crippen LogP) is 1.79. The molecule has 1 unspecified atom stereocenters. The highest BCUT2D eigenvalue weighted by Gasteiger charge is 2.27. The Balaban J connectivity index is 1.84. The molecule has 1 aliphatic rings. The van der Waals surface area contributed by atoms with Crippen LogP contribution in [0.4, 0.5) is 0 Å². The molecule has 1 aromatic heterocycles. The number of imidazole rings is 1. The van der Waals surface area contributed by atoms with E-state index >= 15 is 0 Å². The van der Waals surface area contributed by atoms with E-state index in [1.165, 1.54) is 18.5 Å². The van der Waals surface area contributed by atoms with Crippen LogP contribution in [-0.4, -0.2) is 15.6 Å². The highest BCUT2D eigenvalue weighted by Crippen LogP contribution is 2.32. The Kier molecular flexibility index (Phi) is 2.87. The maximum absolute atomic E-state index is 4.15. The molecule has 0 aliphatic heterocycles. The van der Waals surface area contributed by atoms with E-state index < -0.39 is 0 Å². The number of rotatable bonds is 5. The Bertz CT molecular complexity index is 288. The predicted molar refractivity (Wildman–Crippen MR) is 56.9 cm³/mol. The summed E-state index contributed by atoms with van der Waals surface area (Å²) in [6, 6.07) is 0.662. The molecular weight excluding hydrogens is 174 g/mol. The molecule has 78 valence electrons. The van der Waals surface area contributed by atoms with Crippen molar-refractivity contribution in [2.24, 2.45) is 5.92 Å². The summed E-state index contributed by atoms with van der Waals surface area (Å²) >= 11 is 0. The van der Waals surface area contributed by atoms with Crippen molar-refractivity contribution in [2.45, 2.75) is 45.8 Å². The lowest BCUT2D eigenvalue weighted by atomic mass is 10.2. The summed E-state index contributed by atoms with van der Waals surface area (Å²) < 4.78 is 2.19. The quantitative estimate of drug-likeness (QED) is 0.772. The summed E-state index contributed by atoms with van der Waals surface area (Å²) in [4.78, 5) is 4.15. The van der Waals surface area contributed by atoms with E-state index in [2.05, 4.69) is 28.7 Å². The van der Waals surface area contributed by atoms with Crippen molar-refractivity contribution in [1.29, 1.82) is 0 Å².